The van der Waals surface area contributed by atoms with Crippen LogP contribution in [0.4, 0.5) is 0 Å². The first kappa shape index (κ1) is 12.2. The minimum absolute atomic E-state index is 0. The molecule has 3 radical (unpaired) electrons. The van der Waals surface area contributed by atoms with Crippen LogP contribution in [-0.2, 0) is 0 Å². The Hall–Kier alpha value is -0.877. The third kappa shape index (κ3) is 3.04. The van der Waals surface area contributed by atoms with Crippen LogP contribution in [0.5, 0.6) is 5.75 Å². The van der Waals surface area contributed by atoms with Crippen LogP contribution in [0.15, 0.2) is 54.6 Å². The minimum Gasteiger partial charge on any atom is -0.497 e. The molecule has 0 heterocycles. The zero-order chi connectivity index (χ0) is 9.80. The van der Waals surface area contributed by atoms with Crippen molar-refractivity contribution in [3.05, 3.63) is 54.6 Å². The number of hydrogen-bond acceptors (Lipinski definition) is 1. The normalized spacial score (nSPS) is 9.13. The molecule has 0 bridgehead atoms. The summed E-state index contributed by atoms with van der Waals surface area (Å²) in [5.74, 6) is 0.893. The van der Waals surface area contributed by atoms with Crippen LogP contribution < -0.4 is 4.74 Å². The van der Waals surface area contributed by atoms with Gasteiger partial charge in [-0.3, -0.25) is 0 Å². The Balaban J connectivity index is 0.00000112. The third-order valence-corrected chi connectivity index (χ3v) is 2.20. The van der Waals surface area contributed by atoms with Gasteiger partial charge in [-0.25, -0.2) is 0 Å². The summed E-state index contributed by atoms with van der Waals surface area (Å²) in [6.07, 6.45) is 0. The van der Waals surface area contributed by atoms with E-state index < -0.39 is 0 Å². The van der Waals surface area contributed by atoms with Gasteiger partial charge >= 0.3 is 0 Å². The molecule has 0 unspecified atom stereocenters. The largest absolute Gasteiger partial charge is 0.497 e. The molecule has 0 aliphatic carbocycles. The smallest absolute Gasteiger partial charge is 0.118 e. The van der Waals surface area contributed by atoms with Gasteiger partial charge in [-0.15, -0.1) is 0 Å². The molecule has 1 nitrogen and oxygen atoms in total. The molecule has 0 aliphatic rings. The summed E-state index contributed by atoms with van der Waals surface area (Å²) < 4.78 is 5.11. The first-order valence-electron chi connectivity index (χ1n) is 4.59. The van der Waals surface area contributed by atoms with Crippen molar-refractivity contribution in [2.24, 2.45) is 0 Å². The molecular formula is C13H12BiO. The Labute approximate surface area is 109 Å². The van der Waals surface area contributed by atoms with E-state index in [0.29, 0.717) is 0 Å². The van der Waals surface area contributed by atoms with Crippen LogP contribution in [-0.4, -0.2) is 33.3 Å². The predicted molar refractivity (Wildman–Crippen MR) is 64.2 cm³/mol. The average molecular weight is 393 g/mol. The van der Waals surface area contributed by atoms with Crippen LogP contribution in [0.1, 0.15) is 0 Å². The SMILES string of the molecule is COc1ccc(-c2ccccc2)cc1.[Bi]. The van der Waals surface area contributed by atoms with E-state index in [0.717, 1.165) is 5.75 Å². The number of rotatable bonds is 2. The summed E-state index contributed by atoms with van der Waals surface area (Å²) in [5, 5.41) is 0. The van der Waals surface area contributed by atoms with Gasteiger partial charge in [0.05, 0.1) is 7.11 Å². The van der Waals surface area contributed by atoms with Gasteiger partial charge < -0.3 is 4.74 Å². The fourth-order valence-electron chi connectivity index (χ4n) is 1.41. The van der Waals surface area contributed by atoms with Gasteiger partial charge in [0.15, 0.2) is 0 Å². The van der Waals surface area contributed by atoms with Crippen LogP contribution in [0.25, 0.3) is 11.1 Å². The quantitative estimate of drug-likeness (QED) is 0.714. The van der Waals surface area contributed by atoms with E-state index in [1.807, 2.05) is 30.3 Å². The van der Waals surface area contributed by atoms with E-state index in [4.69, 9.17) is 4.74 Å². The summed E-state index contributed by atoms with van der Waals surface area (Å²) >= 11 is 0. The van der Waals surface area contributed by atoms with Gasteiger partial charge in [-0.1, -0.05) is 42.5 Å². The molecule has 0 aromatic heterocycles. The van der Waals surface area contributed by atoms with Gasteiger partial charge in [0, 0.05) is 26.2 Å². The van der Waals surface area contributed by atoms with Crippen molar-refractivity contribution in [2.45, 2.75) is 0 Å². The summed E-state index contributed by atoms with van der Waals surface area (Å²) in [5.41, 5.74) is 2.45. The molecule has 0 amide bonds. The Kier molecular flexibility index (Phi) is 4.77. The zero-order valence-electron chi connectivity index (χ0n) is 8.55. The Bertz CT molecular complexity index is 395. The standard InChI is InChI=1S/C13H12O.Bi/c1-14-13-9-7-12(8-10-13)11-5-3-2-4-6-11;/h2-10H,1H3;. The van der Waals surface area contributed by atoms with Crippen LogP contribution in [0.3, 0.4) is 0 Å². The number of hydrogen-bond donors (Lipinski definition) is 0. The number of benzene rings is 2. The first-order valence-corrected chi connectivity index (χ1v) is 4.59. The van der Waals surface area contributed by atoms with E-state index in [1.165, 1.54) is 11.1 Å². The van der Waals surface area contributed by atoms with E-state index >= 15 is 0 Å². The van der Waals surface area contributed by atoms with Crippen molar-refractivity contribution in [3.63, 3.8) is 0 Å². The number of methoxy groups -OCH3 is 1. The third-order valence-electron chi connectivity index (χ3n) is 2.20. The van der Waals surface area contributed by atoms with Crippen LogP contribution in [0, 0.1) is 0 Å². The zero-order valence-corrected chi connectivity index (χ0v) is 12.0. The fourth-order valence-corrected chi connectivity index (χ4v) is 1.41. The van der Waals surface area contributed by atoms with E-state index in [9.17, 15) is 0 Å². The second kappa shape index (κ2) is 5.87. The van der Waals surface area contributed by atoms with Gasteiger partial charge in [0.25, 0.3) is 0 Å². The van der Waals surface area contributed by atoms with E-state index in [1.54, 1.807) is 7.11 Å². The van der Waals surface area contributed by atoms with Crippen molar-refractivity contribution in [3.8, 4) is 16.9 Å². The second-order valence-electron chi connectivity index (χ2n) is 3.09. The molecule has 2 rings (SSSR count). The first-order chi connectivity index (χ1) is 6.90. The number of ether oxygens (including phenoxy) is 1. The summed E-state index contributed by atoms with van der Waals surface area (Å²) in [6, 6.07) is 18.4. The van der Waals surface area contributed by atoms with Gasteiger partial charge in [-0.05, 0) is 23.3 Å². The second-order valence-corrected chi connectivity index (χ2v) is 3.09. The molecule has 15 heavy (non-hydrogen) atoms. The van der Waals surface area contributed by atoms with Crippen molar-refractivity contribution in [1.82, 2.24) is 0 Å². The molecule has 2 aromatic rings. The molecule has 75 valence electrons. The van der Waals surface area contributed by atoms with Crippen LogP contribution in [0.2, 0.25) is 0 Å². The molecule has 0 fully saturated rings. The summed E-state index contributed by atoms with van der Waals surface area (Å²) in [4.78, 5) is 0. The Morgan fingerprint density at radius 1 is 0.733 bits per heavy atom. The van der Waals surface area contributed by atoms with E-state index in [-0.39, 0.29) is 26.2 Å². The summed E-state index contributed by atoms with van der Waals surface area (Å²) in [7, 11) is 1.68. The van der Waals surface area contributed by atoms with Crippen LogP contribution >= 0.6 is 0 Å². The predicted octanol–water partition coefficient (Wildman–Crippen LogP) is 2.98. The van der Waals surface area contributed by atoms with Crippen molar-refractivity contribution < 1.29 is 4.74 Å². The molecule has 2 heteroatoms. The van der Waals surface area contributed by atoms with Crippen molar-refractivity contribution in [1.29, 1.82) is 0 Å². The van der Waals surface area contributed by atoms with Gasteiger partial charge in [0.2, 0.25) is 0 Å². The van der Waals surface area contributed by atoms with E-state index in [2.05, 4.69) is 24.3 Å². The molecule has 0 saturated carbocycles. The molecular weight excluding hydrogens is 381 g/mol. The minimum atomic E-state index is 0. The monoisotopic (exact) mass is 393 g/mol. The molecule has 0 atom stereocenters. The van der Waals surface area contributed by atoms with Crippen molar-refractivity contribution in [2.75, 3.05) is 7.11 Å². The molecule has 0 saturated heterocycles. The van der Waals surface area contributed by atoms with Gasteiger partial charge in [-0.2, -0.15) is 0 Å². The Morgan fingerprint density at radius 2 is 1.27 bits per heavy atom. The molecule has 0 spiro atoms. The fraction of sp³-hybridized carbons (Fsp3) is 0.0769. The maximum Gasteiger partial charge on any atom is 0.118 e. The van der Waals surface area contributed by atoms with Crippen molar-refractivity contribution >= 4 is 26.2 Å². The molecule has 2 aromatic carbocycles. The maximum absolute atomic E-state index is 5.11. The molecule has 0 aliphatic heterocycles. The topological polar surface area (TPSA) is 9.23 Å². The Morgan fingerprint density at radius 3 is 1.80 bits per heavy atom. The van der Waals surface area contributed by atoms with Gasteiger partial charge in [0.1, 0.15) is 5.75 Å². The maximum atomic E-state index is 5.11. The average Bonchev–Trinajstić information content (AvgIpc) is 2.30. The summed E-state index contributed by atoms with van der Waals surface area (Å²) in [6.45, 7) is 0. The molecule has 0 N–H and O–H groups in total.